The van der Waals surface area contributed by atoms with Crippen LogP contribution in [0.5, 0.6) is 0 Å². The number of aliphatic hydroxyl groups is 1. The van der Waals surface area contributed by atoms with Gasteiger partial charge in [0.25, 0.3) is 11.6 Å². The number of aromatic nitrogens is 1. The molecule has 1 saturated heterocycles. The zero-order valence-corrected chi connectivity index (χ0v) is 14.3. The molecule has 1 aromatic heterocycles. The number of carboxylic acids is 1. The van der Waals surface area contributed by atoms with E-state index in [1.54, 1.807) is 17.5 Å². The summed E-state index contributed by atoms with van der Waals surface area (Å²) in [5.74, 6) is -1.64. The molecule has 0 unspecified atom stereocenters. The average Bonchev–Trinajstić information content (AvgIpc) is 3.12. The molecule has 2 aromatic rings. The number of nitro groups is 1. The molecule has 2 N–H and O–H groups in total. The number of hydrogen-bond acceptors (Lipinski definition) is 7. The zero-order chi connectivity index (χ0) is 18.9. The fourth-order valence-electron chi connectivity index (χ4n) is 2.71. The first kappa shape index (κ1) is 18.0. The van der Waals surface area contributed by atoms with Crippen LogP contribution in [0.4, 0.5) is 5.69 Å². The van der Waals surface area contributed by atoms with Crippen molar-refractivity contribution in [3.63, 3.8) is 0 Å². The number of benzene rings is 1. The van der Waals surface area contributed by atoms with Crippen molar-refractivity contribution in [3.05, 3.63) is 45.5 Å². The summed E-state index contributed by atoms with van der Waals surface area (Å²) in [5.41, 5.74) is -1.12. The van der Waals surface area contributed by atoms with Gasteiger partial charge in [0.05, 0.1) is 4.92 Å². The third-order valence-corrected chi connectivity index (χ3v) is 5.19. The van der Waals surface area contributed by atoms with Crippen molar-refractivity contribution in [2.45, 2.75) is 18.4 Å². The van der Waals surface area contributed by atoms with Crippen LogP contribution < -0.4 is 0 Å². The van der Waals surface area contributed by atoms with E-state index in [0.717, 1.165) is 0 Å². The summed E-state index contributed by atoms with van der Waals surface area (Å²) in [4.78, 5) is 39.7. The minimum Gasteiger partial charge on any atom is -0.479 e. The maximum atomic E-state index is 12.5. The van der Waals surface area contributed by atoms with E-state index in [1.165, 1.54) is 28.4 Å². The molecule has 0 radical (unpaired) electrons. The van der Waals surface area contributed by atoms with Gasteiger partial charge in [0.15, 0.2) is 5.60 Å². The predicted octanol–water partition coefficient (Wildman–Crippen LogP) is 1.77. The van der Waals surface area contributed by atoms with Crippen LogP contribution in [0, 0.1) is 10.1 Å². The number of carboxylic acid groups (broad SMARTS) is 1. The van der Waals surface area contributed by atoms with E-state index in [0.29, 0.717) is 10.6 Å². The predicted molar refractivity (Wildman–Crippen MR) is 91.9 cm³/mol. The lowest BCUT2D eigenvalue weighted by molar-refractivity contribution is -0.384. The number of carbonyl (C=O) groups excluding carboxylic acids is 1. The van der Waals surface area contributed by atoms with Crippen LogP contribution in [0.2, 0.25) is 0 Å². The van der Waals surface area contributed by atoms with Crippen LogP contribution in [0.25, 0.3) is 10.6 Å². The third kappa shape index (κ3) is 3.41. The highest BCUT2D eigenvalue weighted by molar-refractivity contribution is 7.13. The molecule has 2 heterocycles. The molecule has 136 valence electrons. The molecule has 1 fully saturated rings. The van der Waals surface area contributed by atoms with E-state index in [2.05, 4.69) is 4.98 Å². The number of hydrogen-bond donors (Lipinski definition) is 2. The SMILES string of the molecule is O=C(c1csc(-c2cccc([N+](=O)[O-])c2)n1)N1CCC(O)(C(=O)O)CC1. The first-order valence-corrected chi connectivity index (χ1v) is 8.63. The van der Waals surface area contributed by atoms with E-state index in [9.17, 15) is 24.8 Å². The van der Waals surface area contributed by atoms with Gasteiger partial charge in [-0.3, -0.25) is 14.9 Å². The van der Waals surface area contributed by atoms with E-state index < -0.39 is 16.5 Å². The molecule has 0 atom stereocenters. The van der Waals surface area contributed by atoms with Gasteiger partial charge in [-0.25, -0.2) is 9.78 Å². The van der Waals surface area contributed by atoms with Gasteiger partial charge in [-0.15, -0.1) is 11.3 Å². The maximum Gasteiger partial charge on any atom is 0.335 e. The van der Waals surface area contributed by atoms with Gasteiger partial charge >= 0.3 is 5.97 Å². The van der Waals surface area contributed by atoms with Crippen LogP contribution in [-0.2, 0) is 4.79 Å². The Bertz CT molecular complexity index is 872. The molecule has 9 nitrogen and oxygen atoms in total. The molecular weight excluding hydrogens is 362 g/mol. The molecule has 0 bridgehead atoms. The van der Waals surface area contributed by atoms with Gasteiger partial charge < -0.3 is 15.1 Å². The fraction of sp³-hybridized carbons (Fsp3) is 0.312. The monoisotopic (exact) mass is 377 g/mol. The van der Waals surface area contributed by atoms with Gasteiger partial charge in [0.2, 0.25) is 0 Å². The molecular formula is C16H15N3O6S. The molecule has 0 spiro atoms. The highest BCUT2D eigenvalue weighted by Crippen LogP contribution is 2.28. The molecule has 10 heteroatoms. The minimum atomic E-state index is -1.80. The summed E-state index contributed by atoms with van der Waals surface area (Å²) >= 11 is 1.20. The van der Waals surface area contributed by atoms with Crippen molar-refractivity contribution in [2.75, 3.05) is 13.1 Å². The Morgan fingerprint density at radius 3 is 2.62 bits per heavy atom. The van der Waals surface area contributed by atoms with Crippen LogP contribution in [0.1, 0.15) is 23.3 Å². The molecule has 1 aliphatic heterocycles. The Labute approximate surface area is 151 Å². The zero-order valence-electron chi connectivity index (χ0n) is 13.5. The van der Waals surface area contributed by atoms with Crippen LogP contribution in [-0.4, -0.2) is 55.6 Å². The fourth-order valence-corrected chi connectivity index (χ4v) is 3.50. The number of amides is 1. The number of nitrogens with zero attached hydrogens (tertiary/aromatic N) is 3. The lowest BCUT2D eigenvalue weighted by atomic mass is 9.91. The Hall–Kier alpha value is -2.85. The van der Waals surface area contributed by atoms with Gasteiger partial charge in [-0.2, -0.15) is 0 Å². The average molecular weight is 377 g/mol. The second-order valence-corrected chi connectivity index (χ2v) is 6.83. The van der Waals surface area contributed by atoms with E-state index in [-0.39, 0.29) is 43.2 Å². The number of thiazole rings is 1. The molecule has 3 rings (SSSR count). The minimum absolute atomic E-state index is 0.0457. The summed E-state index contributed by atoms with van der Waals surface area (Å²) in [6, 6.07) is 5.99. The van der Waals surface area contributed by atoms with Crippen molar-refractivity contribution in [3.8, 4) is 10.6 Å². The molecule has 1 amide bonds. The second kappa shape index (κ2) is 6.81. The Balaban J connectivity index is 1.74. The number of non-ortho nitro benzene ring substituents is 1. The summed E-state index contributed by atoms with van der Waals surface area (Å²) < 4.78 is 0. The molecule has 1 aromatic carbocycles. The van der Waals surface area contributed by atoms with Crippen molar-refractivity contribution >= 4 is 28.9 Å². The van der Waals surface area contributed by atoms with Crippen molar-refractivity contribution in [1.82, 2.24) is 9.88 Å². The van der Waals surface area contributed by atoms with Crippen LogP contribution in [0.3, 0.4) is 0 Å². The topological polar surface area (TPSA) is 134 Å². The number of aliphatic carboxylic acids is 1. The Morgan fingerprint density at radius 2 is 2.00 bits per heavy atom. The van der Waals surface area contributed by atoms with Crippen molar-refractivity contribution < 1.29 is 24.7 Å². The van der Waals surface area contributed by atoms with Crippen LogP contribution in [0.15, 0.2) is 29.6 Å². The number of piperidine rings is 1. The Morgan fingerprint density at radius 1 is 1.31 bits per heavy atom. The van der Waals surface area contributed by atoms with Crippen LogP contribution >= 0.6 is 11.3 Å². The van der Waals surface area contributed by atoms with Gasteiger partial charge in [-0.1, -0.05) is 12.1 Å². The lowest BCUT2D eigenvalue weighted by Gasteiger charge is -2.34. The maximum absolute atomic E-state index is 12.5. The second-order valence-electron chi connectivity index (χ2n) is 5.97. The van der Waals surface area contributed by atoms with Gasteiger partial charge in [0, 0.05) is 49.0 Å². The number of rotatable bonds is 4. The largest absolute Gasteiger partial charge is 0.479 e. The van der Waals surface area contributed by atoms with E-state index in [1.807, 2.05) is 0 Å². The molecule has 26 heavy (non-hydrogen) atoms. The van der Waals surface area contributed by atoms with Crippen molar-refractivity contribution in [1.29, 1.82) is 0 Å². The first-order valence-electron chi connectivity index (χ1n) is 7.75. The highest BCUT2D eigenvalue weighted by Gasteiger charge is 2.40. The Kier molecular flexibility index (Phi) is 4.70. The van der Waals surface area contributed by atoms with E-state index in [4.69, 9.17) is 5.11 Å². The summed E-state index contributed by atoms with van der Waals surface area (Å²) in [6.45, 7) is 0.233. The standard InChI is InChI=1S/C16H15N3O6S/c20-14(18-6-4-16(23,5-7-18)15(21)22)12-9-26-13(17-12)10-2-1-3-11(8-10)19(24)25/h1-3,8-9,23H,4-7H2,(H,21,22). The molecule has 1 aliphatic rings. The molecule has 0 aliphatic carbocycles. The smallest absolute Gasteiger partial charge is 0.335 e. The first-order chi connectivity index (χ1) is 12.3. The van der Waals surface area contributed by atoms with Crippen molar-refractivity contribution in [2.24, 2.45) is 0 Å². The van der Waals surface area contributed by atoms with E-state index >= 15 is 0 Å². The lowest BCUT2D eigenvalue weighted by Crippen LogP contribution is -2.50. The summed E-state index contributed by atoms with van der Waals surface area (Å²) in [5, 5.41) is 31.9. The quantitative estimate of drug-likeness (QED) is 0.612. The van der Waals surface area contributed by atoms with Gasteiger partial charge in [0.1, 0.15) is 10.7 Å². The summed E-state index contributed by atoms with van der Waals surface area (Å²) in [7, 11) is 0. The highest BCUT2D eigenvalue weighted by atomic mass is 32.1. The number of likely N-dealkylation sites (tertiary alicyclic amines) is 1. The summed E-state index contributed by atoms with van der Waals surface area (Å²) in [6.07, 6.45) is -0.0914. The third-order valence-electron chi connectivity index (χ3n) is 4.30. The van der Waals surface area contributed by atoms with Gasteiger partial charge in [-0.05, 0) is 0 Å². The normalized spacial score (nSPS) is 16.3. The number of nitro benzene ring substituents is 1. The molecule has 0 saturated carbocycles. The number of carbonyl (C=O) groups is 2.